The summed E-state index contributed by atoms with van der Waals surface area (Å²) in [5.41, 5.74) is 3.01. The van der Waals surface area contributed by atoms with Crippen LogP contribution in [0.5, 0.6) is 0 Å². The van der Waals surface area contributed by atoms with Gasteiger partial charge in [-0.25, -0.2) is 13.1 Å². The van der Waals surface area contributed by atoms with Crippen LogP contribution < -0.4 is 10.0 Å². The maximum absolute atomic E-state index is 12.3. The predicted molar refractivity (Wildman–Crippen MR) is 95.9 cm³/mol. The summed E-state index contributed by atoms with van der Waals surface area (Å²) in [7, 11) is -3.75. The fraction of sp³-hybridized carbons (Fsp3) is 0.235. The van der Waals surface area contributed by atoms with Crippen LogP contribution in [0.15, 0.2) is 41.3 Å². The van der Waals surface area contributed by atoms with Crippen LogP contribution in [0.25, 0.3) is 0 Å². The van der Waals surface area contributed by atoms with E-state index < -0.39 is 15.9 Å². The lowest BCUT2D eigenvalue weighted by molar-refractivity contribution is -0.115. The SMILES string of the molecule is Cc1ccc(S(=O)(=O)NCC(=O)Nc2ccc(C)c(Cl)c2)c(C)c1. The summed E-state index contributed by atoms with van der Waals surface area (Å²) < 4.78 is 26.9. The van der Waals surface area contributed by atoms with Crippen LogP contribution >= 0.6 is 11.6 Å². The molecule has 24 heavy (non-hydrogen) atoms. The Hall–Kier alpha value is -1.89. The molecule has 128 valence electrons. The van der Waals surface area contributed by atoms with Crippen molar-refractivity contribution in [1.29, 1.82) is 0 Å². The number of nitrogens with one attached hydrogen (secondary N) is 2. The van der Waals surface area contributed by atoms with E-state index in [0.29, 0.717) is 16.3 Å². The van der Waals surface area contributed by atoms with Gasteiger partial charge in [-0.05, 0) is 50.1 Å². The first-order chi connectivity index (χ1) is 11.2. The van der Waals surface area contributed by atoms with E-state index in [4.69, 9.17) is 11.6 Å². The third kappa shape index (κ3) is 4.56. The van der Waals surface area contributed by atoms with Crippen molar-refractivity contribution in [2.75, 3.05) is 11.9 Å². The van der Waals surface area contributed by atoms with Gasteiger partial charge in [0.25, 0.3) is 0 Å². The molecule has 2 rings (SSSR count). The zero-order chi connectivity index (χ0) is 17.9. The molecule has 5 nitrogen and oxygen atoms in total. The van der Waals surface area contributed by atoms with Gasteiger partial charge < -0.3 is 5.32 Å². The van der Waals surface area contributed by atoms with Crippen LogP contribution in [0.4, 0.5) is 5.69 Å². The molecule has 0 heterocycles. The van der Waals surface area contributed by atoms with Crippen molar-refractivity contribution in [3.05, 3.63) is 58.1 Å². The zero-order valence-electron chi connectivity index (χ0n) is 13.7. The molecule has 2 N–H and O–H groups in total. The smallest absolute Gasteiger partial charge is 0.241 e. The lowest BCUT2D eigenvalue weighted by Crippen LogP contribution is -2.33. The average molecular weight is 367 g/mol. The standard InChI is InChI=1S/C17H19ClN2O3S/c1-11-4-7-16(13(3)8-11)24(22,23)19-10-17(21)20-14-6-5-12(2)15(18)9-14/h4-9,19H,10H2,1-3H3,(H,20,21). The minimum absolute atomic E-state index is 0.166. The van der Waals surface area contributed by atoms with Gasteiger partial charge in [0.05, 0.1) is 11.4 Å². The van der Waals surface area contributed by atoms with Crippen molar-refractivity contribution in [2.24, 2.45) is 0 Å². The first-order valence-electron chi connectivity index (χ1n) is 7.32. The fourth-order valence-corrected chi connectivity index (χ4v) is 3.60. The summed E-state index contributed by atoms with van der Waals surface area (Å²) in [5, 5.41) is 3.14. The highest BCUT2D eigenvalue weighted by molar-refractivity contribution is 7.89. The minimum Gasteiger partial charge on any atom is -0.325 e. The Balaban J connectivity index is 2.03. The lowest BCUT2D eigenvalue weighted by atomic mass is 10.2. The topological polar surface area (TPSA) is 75.3 Å². The first-order valence-corrected chi connectivity index (χ1v) is 9.18. The van der Waals surface area contributed by atoms with E-state index in [0.717, 1.165) is 11.1 Å². The van der Waals surface area contributed by atoms with Crippen LogP contribution in [0.2, 0.25) is 5.02 Å². The van der Waals surface area contributed by atoms with Crippen molar-refractivity contribution in [1.82, 2.24) is 4.72 Å². The summed E-state index contributed by atoms with van der Waals surface area (Å²) in [6.07, 6.45) is 0. The van der Waals surface area contributed by atoms with Crippen molar-refractivity contribution >= 4 is 33.2 Å². The molecule has 0 radical (unpaired) electrons. The van der Waals surface area contributed by atoms with Crippen LogP contribution in [0, 0.1) is 20.8 Å². The number of benzene rings is 2. The number of carbonyl (C=O) groups excluding carboxylic acids is 1. The molecule has 1 amide bonds. The second-order valence-electron chi connectivity index (χ2n) is 5.61. The fourth-order valence-electron chi connectivity index (χ4n) is 2.21. The third-order valence-corrected chi connectivity index (χ3v) is 5.47. The van der Waals surface area contributed by atoms with Gasteiger partial charge in [-0.1, -0.05) is 35.4 Å². The summed E-state index contributed by atoms with van der Waals surface area (Å²) in [6.45, 7) is 5.10. The average Bonchev–Trinajstić information content (AvgIpc) is 2.49. The summed E-state index contributed by atoms with van der Waals surface area (Å²) in [5.74, 6) is -0.469. The van der Waals surface area contributed by atoms with Crippen molar-refractivity contribution < 1.29 is 13.2 Å². The normalized spacial score (nSPS) is 11.3. The van der Waals surface area contributed by atoms with E-state index in [2.05, 4.69) is 10.0 Å². The van der Waals surface area contributed by atoms with Gasteiger partial charge >= 0.3 is 0 Å². The first kappa shape index (κ1) is 18.4. The summed E-state index contributed by atoms with van der Waals surface area (Å²) in [4.78, 5) is 12.1. The van der Waals surface area contributed by atoms with Crippen LogP contribution in [-0.4, -0.2) is 20.9 Å². The minimum atomic E-state index is -3.75. The summed E-state index contributed by atoms with van der Waals surface area (Å²) >= 11 is 5.99. The van der Waals surface area contributed by atoms with Gasteiger partial charge in [0, 0.05) is 10.7 Å². The number of aryl methyl sites for hydroxylation is 3. The number of hydrogen-bond acceptors (Lipinski definition) is 3. The largest absolute Gasteiger partial charge is 0.325 e. The van der Waals surface area contributed by atoms with Gasteiger partial charge in [0.2, 0.25) is 15.9 Å². The van der Waals surface area contributed by atoms with Crippen LogP contribution in [-0.2, 0) is 14.8 Å². The lowest BCUT2D eigenvalue weighted by Gasteiger charge is -2.11. The van der Waals surface area contributed by atoms with Gasteiger partial charge in [-0.3, -0.25) is 4.79 Å². The highest BCUT2D eigenvalue weighted by Crippen LogP contribution is 2.20. The Kier molecular flexibility index (Phi) is 5.64. The number of carbonyl (C=O) groups is 1. The van der Waals surface area contributed by atoms with E-state index >= 15 is 0 Å². The van der Waals surface area contributed by atoms with Gasteiger partial charge in [0.15, 0.2) is 0 Å². The molecule has 2 aromatic rings. The highest BCUT2D eigenvalue weighted by atomic mass is 35.5. The highest BCUT2D eigenvalue weighted by Gasteiger charge is 2.18. The van der Waals surface area contributed by atoms with Gasteiger partial charge in [-0.15, -0.1) is 0 Å². The number of sulfonamides is 1. The molecule has 0 fully saturated rings. The molecule has 0 saturated heterocycles. The quantitative estimate of drug-likeness (QED) is 0.853. The Bertz CT molecular complexity index is 879. The molecule has 0 saturated carbocycles. The Morgan fingerprint density at radius 3 is 2.38 bits per heavy atom. The van der Waals surface area contributed by atoms with Crippen molar-refractivity contribution in [2.45, 2.75) is 25.7 Å². The molecular weight excluding hydrogens is 348 g/mol. The molecular formula is C17H19ClN2O3S. The number of rotatable bonds is 5. The van der Waals surface area contributed by atoms with Gasteiger partial charge in [-0.2, -0.15) is 0 Å². The molecule has 7 heteroatoms. The molecule has 0 bridgehead atoms. The van der Waals surface area contributed by atoms with E-state index in [1.807, 2.05) is 13.8 Å². The van der Waals surface area contributed by atoms with E-state index in [1.54, 1.807) is 37.3 Å². The molecule has 0 aliphatic carbocycles. The Labute approximate surface area is 147 Å². The molecule has 0 atom stereocenters. The molecule has 2 aromatic carbocycles. The third-order valence-electron chi connectivity index (χ3n) is 3.50. The second kappa shape index (κ2) is 7.34. The maximum atomic E-state index is 12.3. The van der Waals surface area contributed by atoms with Crippen LogP contribution in [0.3, 0.4) is 0 Å². The molecule has 0 aliphatic rings. The number of anilines is 1. The molecule has 0 aromatic heterocycles. The zero-order valence-corrected chi connectivity index (χ0v) is 15.3. The van der Waals surface area contributed by atoms with Crippen molar-refractivity contribution in [3.63, 3.8) is 0 Å². The van der Waals surface area contributed by atoms with Gasteiger partial charge in [0.1, 0.15) is 0 Å². The monoisotopic (exact) mass is 366 g/mol. The number of halogens is 1. The maximum Gasteiger partial charge on any atom is 0.241 e. The van der Waals surface area contributed by atoms with Crippen LogP contribution in [0.1, 0.15) is 16.7 Å². The Morgan fingerprint density at radius 1 is 1.04 bits per heavy atom. The molecule has 0 aliphatic heterocycles. The number of amides is 1. The van der Waals surface area contributed by atoms with Crippen molar-refractivity contribution in [3.8, 4) is 0 Å². The predicted octanol–water partition coefficient (Wildman–Crippen LogP) is 3.18. The van der Waals surface area contributed by atoms with E-state index in [9.17, 15) is 13.2 Å². The van der Waals surface area contributed by atoms with E-state index in [-0.39, 0.29) is 11.4 Å². The summed E-state index contributed by atoms with van der Waals surface area (Å²) in [6, 6.07) is 10.1. The Morgan fingerprint density at radius 2 is 1.75 bits per heavy atom. The van der Waals surface area contributed by atoms with E-state index in [1.165, 1.54) is 6.07 Å². The number of hydrogen-bond donors (Lipinski definition) is 2. The molecule has 0 spiro atoms. The second-order valence-corrected chi connectivity index (χ2v) is 7.75. The molecule has 0 unspecified atom stereocenters.